The molecule has 2 aromatic carbocycles. The number of nitrogens with two attached hydrogens (primary N) is 1. The number of hydrogen-bond acceptors (Lipinski definition) is 4. The van der Waals surface area contributed by atoms with Gasteiger partial charge in [-0.2, -0.15) is 0 Å². The minimum atomic E-state index is 0.350. The largest absolute Gasteiger partial charge is 0.507 e. The van der Waals surface area contributed by atoms with Crippen molar-refractivity contribution in [3.63, 3.8) is 0 Å². The van der Waals surface area contributed by atoms with Gasteiger partial charge in [-0.3, -0.25) is 0 Å². The lowest BCUT2D eigenvalue weighted by Gasteiger charge is -2.24. The fourth-order valence-electron chi connectivity index (χ4n) is 4.37. The van der Waals surface area contributed by atoms with Crippen LogP contribution < -0.4 is 5.73 Å². The van der Waals surface area contributed by atoms with Crippen LogP contribution in [-0.2, 0) is 12.8 Å². The molecule has 0 aliphatic heterocycles. The zero-order valence-corrected chi connectivity index (χ0v) is 20.1. The van der Waals surface area contributed by atoms with E-state index in [2.05, 4.69) is 0 Å². The number of nitrogens with zero attached hydrogens (tertiary/aromatic N) is 1. The standard InChI is InChI=1S/C23H25N3O.2C2H6/c1-12-10-15(11-13(2)23(12)27)22-17-7-5-4-6-16(17)21-19(26-22)9-8-18(25)20(21)14(3)24;2*1-2/h8-11,24,27H,4-7,25H2,1-3H3;2*1-2H3. The summed E-state index contributed by atoms with van der Waals surface area (Å²) in [4.78, 5) is 5.02. The maximum atomic E-state index is 10.2. The van der Waals surface area contributed by atoms with Gasteiger partial charge in [0.15, 0.2) is 0 Å². The first kappa shape index (κ1) is 24.4. The average molecular weight is 420 g/mol. The van der Waals surface area contributed by atoms with E-state index in [1.807, 2.05) is 65.8 Å². The Morgan fingerprint density at radius 1 is 0.968 bits per heavy atom. The van der Waals surface area contributed by atoms with Gasteiger partial charge in [0, 0.05) is 27.9 Å². The number of aromatic hydroxyl groups is 1. The van der Waals surface area contributed by atoms with Crippen LogP contribution in [0.5, 0.6) is 5.75 Å². The van der Waals surface area contributed by atoms with Crippen LogP contribution in [-0.4, -0.2) is 15.8 Å². The van der Waals surface area contributed by atoms with Gasteiger partial charge in [-0.25, -0.2) is 4.98 Å². The number of aromatic nitrogens is 1. The predicted octanol–water partition coefficient (Wildman–Crippen LogP) is 7.13. The molecule has 4 N–H and O–H groups in total. The first-order chi connectivity index (χ1) is 14.9. The first-order valence-corrected chi connectivity index (χ1v) is 11.5. The van der Waals surface area contributed by atoms with Crippen LogP contribution in [0.3, 0.4) is 0 Å². The quantitative estimate of drug-likeness (QED) is 0.305. The van der Waals surface area contributed by atoms with Crippen LogP contribution in [0, 0.1) is 19.3 Å². The lowest BCUT2D eigenvalue weighted by molar-refractivity contribution is 0.467. The number of rotatable bonds is 2. The molecule has 166 valence electrons. The number of nitrogen functional groups attached to an aromatic ring is 1. The molecule has 0 amide bonds. The van der Waals surface area contributed by atoms with E-state index in [0.717, 1.165) is 64.5 Å². The number of anilines is 1. The molecule has 0 spiro atoms. The SMILES string of the molecule is CC.CC.CC(=N)c1c(N)ccc2nc(-c3cc(C)c(O)c(C)c3)c3c(c12)CCCC3. The van der Waals surface area contributed by atoms with Crippen LogP contribution in [0.25, 0.3) is 22.2 Å². The second-order valence-corrected chi connectivity index (χ2v) is 7.63. The molecular weight excluding hydrogens is 382 g/mol. The molecule has 0 radical (unpaired) electrons. The second kappa shape index (κ2) is 10.4. The number of nitrogens with one attached hydrogen (secondary N) is 1. The average Bonchev–Trinajstić information content (AvgIpc) is 2.79. The molecule has 1 aliphatic rings. The zero-order valence-electron chi connectivity index (χ0n) is 20.1. The highest BCUT2D eigenvalue weighted by atomic mass is 16.3. The zero-order chi connectivity index (χ0) is 23.3. The van der Waals surface area contributed by atoms with Crippen molar-refractivity contribution >= 4 is 22.3 Å². The lowest BCUT2D eigenvalue weighted by atomic mass is 9.84. The summed E-state index contributed by atoms with van der Waals surface area (Å²) >= 11 is 0. The summed E-state index contributed by atoms with van der Waals surface area (Å²) < 4.78 is 0. The van der Waals surface area contributed by atoms with Gasteiger partial charge in [-0.15, -0.1) is 0 Å². The molecule has 4 rings (SSSR count). The van der Waals surface area contributed by atoms with E-state index in [9.17, 15) is 5.11 Å². The monoisotopic (exact) mass is 419 g/mol. The van der Waals surface area contributed by atoms with Gasteiger partial charge in [0.2, 0.25) is 0 Å². The van der Waals surface area contributed by atoms with Gasteiger partial charge in [-0.05, 0) is 93.0 Å². The molecule has 0 fully saturated rings. The van der Waals surface area contributed by atoms with Crippen molar-refractivity contribution in [1.82, 2.24) is 4.98 Å². The molecule has 4 nitrogen and oxygen atoms in total. The topological polar surface area (TPSA) is 83.0 Å². The fraction of sp³-hybridized carbons (Fsp3) is 0.407. The van der Waals surface area contributed by atoms with Crippen molar-refractivity contribution in [2.45, 2.75) is 74.1 Å². The third-order valence-corrected chi connectivity index (χ3v) is 5.64. The summed E-state index contributed by atoms with van der Waals surface area (Å²) in [7, 11) is 0. The van der Waals surface area contributed by atoms with Gasteiger partial charge in [0.25, 0.3) is 0 Å². The molecule has 1 heterocycles. The number of benzene rings is 2. The van der Waals surface area contributed by atoms with Gasteiger partial charge in [-0.1, -0.05) is 27.7 Å². The molecule has 31 heavy (non-hydrogen) atoms. The van der Waals surface area contributed by atoms with Crippen molar-refractivity contribution in [3.05, 3.63) is 52.1 Å². The fourth-order valence-corrected chi connectivity index (χ4v) is 4.37. The van der Waals surface area contributed by atoms with E-state index in [4.69, 9.17) is 16.1 Å². The molecule has 0 bridgehead atoms. The Bertz CT molecular complexity index is 1080. The van der Waals surface area contributed by atoms with E-state index in [-0.39, 0.29) is 0 Å². The van der Waals surface area contributed by atoms with Gasteiger partial charge in [0.05, 0.1) is 11.2 Å². The summed E-state index contributed by atoms with van der Waals surface area (Å²) in [6.07, 6.45) is 4.26. The van der Waals surface area contributed by atoms with Crippen LogP contribution in [0.15, 0.2) is 24.3 Å². The second-order valence-electron chi connectivity index (χ2n) is 7.63. The van der Waals surface area contributed by atoms with Gasteiger partial charge >= 0.3 is 0 Å². The molecule has 1 aliphatic carbocycles. The molecule has 0 saturated heterocycles. The molecule has 0 atom stereocenters. The molecule has 1 aromatic heterocycles. The lowest BCUT2D eigenvalue weighted by Crippen LogP contribution is -2.11. The number of fused-ring (bicyclic) bond motifs is 3. The number of pyridine rings is 1. The highest BCUT2D eigenvalue weighted by molar-refractivity contribution is 6.13. The molecule has 0 unspecified atom stereocenters. The van der Waals surface area contributed by atoms with Crippen LogP contribution in [0.1, 0.15) is 75.3 Å². The van der Waals surface area contributed by atoms with E-state index in [1.165, 1.54) is 11.1 Å². The third kappa shape index (κ3) is 4.58. The minimum Gasteiger partial charge on any atom is -0.507 e. The maximum absolute atomic E-state index is 10.2. The smallest absolute Gasteiger partial charge is 0.121 e. The summed E-state index contributed by atoms with van der Waals surface area (Å²) in [5, 5.41) is 19.4. The highest BCUT2D eigenvalue weighted by Gasteiger charge is 2.23. The molecule has 0 saturated carbocycles. The highest BCUT2D eigenvalue weighted by Crippen LogP contribution is 2.39. The Morgan fingerprint density at radius 2 is 1.52 bits per heavy atom. The Morgan fingerprint density at radius 3 is 2.06 bits per heavy atom. The van der Waals surface area contributed by atoms with E-state index < -0.39 is 0 Å². The van der Waals surface area contributed by atoms with Crippen molar-refractivity contribution in [1.29, 1.82) is 5.41 Å². The number of phenolic OH excluding ortho intramolecular Hbond substituents is 1. The Labute approximate surface area is 187 Å². The maximum Gasteiger partial charge on any atom is 0.121 e. The summed E-state index contributed by atoms with van der Waals surface area (Å²) in [6.45, 7) is 13.6. The van der Waals surface area contributed by atoms with Gasteiger partial charge < -0.3 is 16.2 Å². The van der Waals surface area contributed by atoms with E-state index in [0.29, 0.717) is 17.1 Å². The van der Waals surface area contributed by atoms with Gasteiger partial charge in [0.1, 0.15) is 5.75 Å². The van der Waals surface area contributed by atoms with Crippen molar-refractivity contribution in [2.75, 3.05) is 5.73 Å². The minimum absolute atomic E-state index is 0.350. The van der Waals surface area contributed by atoms with Crippen LogP contribution in [0.4, 0.5) is 5.69 Å². The first-order valence-electron chi connectivity index (χ1n) is 11.5. The van der Waals surface area contributed by atoms with Crippen molar-refractivity contribution < 1.29 is 5.11 Å². The summed E-state index contributed by atoms with van der Waals surface area (Å²) in [5.74, 6) is 0.350. The third-order valence-electron chi connectivity index (χ3n) is 5.64. The predicted molar refractivity (Wildman–Crippen MR) is 135 cm³/mol. The Kier molecular flexibility index (Phi) is 8.21. The summed E-state index contributed by atoms with van der Waals surface area (Å²) in [6, 6.07) is 7.86. The normalized spacial score (nSPS) is 12.2. The summed E-state index contributed by atoms with van der Waals surface area (Å²) in [5.41, 5.74) is 15.4. The Balaban J connectivity index is 0.000000807. The molecule has 4 heteroatoms. The van der Waals surface area contributed by atoms with E-state index in [1.54, 1.807) is 6.92 Å². The number of aryl methyl sites for hydroxylation is 3. The Hall–Kier alpha value is -2.88. The van der Waals surface area contributed by atoms with Crippen molar-refractivity contribution in [3.8, 4) is 17.0 Å². The molecule has 3 aromatic rings. The van der Waals surface area contributed by atoms with Crippen molar-refractivity contribution in [2.24, 2.45) is 0 Å². The number of phenols is 1. The van der Waals surface area contributed by atoms with Crippen LogP contribution in [0.2, 0.25) is 0 Å². The molecular formula is C27H37N3O. The number of hydrogen-bond donors (Lipinski definition) is 3. The van der Waals surface area contributed by atoms with Crippen LogP contribution >= 0.6 is 0 Å². The van der Waals surface area contributed by atoms with E-state index >= 15 is 0 Å².